The van der Waals surface area contributed by atoms with Gasteiger partial charge in [-0.2, -0.15) is 5.26 Å². The fourth-order valence-corrected chi connectivity index (χ4v) is 3.34. The molecule has 0 saturated heterocycles. The number of nitrogens with zero attached hydrogens (tertiary/aromatic N) is 1. The summed E-state index contributed by atoms with van der Waals surface area (Å²) in [5.74, 6) is 1.19. The standard InChI is InChI=1S/C15H27NO/c1-5-13-6-8-15(11-16,9-7-13)14(4,17)10-12(2)3/h12-13,17H,5-10H2,1-4H3. The lowest BCUT2D eigenvalue weighted by atomic mass is 9.60. The van der Waals surface area contributed by atoms with Gasteiger partial charge in [-0.05, 0) is 50.9 Å². The van der Waals surface area contributed by atoms with Gasteiger partial charge in [0.05, 0.1) is 17.1 Å². The normalized spacial score (nSPS) is 33.1. The maximum absolute atomic E-state index is 10.7. The summed E-state index contributed by atoms with van der Waals surface area (Å²) in [4.78, 5) is 0. The summed E-state index contributed by atoms with van der Waals surface area (Å²) in [5, 5.41) is 20.2. The van der Waals surface area contributed by atoms with E-state index in [0.717, 1.165) is 38.0 Å². The van der Waals surface area contributed by atoms with Crippen LogP contribution in [0.5, 0.6) is 0 Å². The van der Waals surface area contributed by atoms with Crippen LogP contribution in [0.2, 0.25) is 0 Å². The van der Waals surface area contributed by atoms with E-state index in [0.29, 0.717) is 5.92 Å². The van der Waals surface area contributed by atoms with E-state index in [1.807, 2.05) is 6.92 Å². The molecule has 2 heteroatoms. The average molecular weight is 237 g/mol. The van der Waals surface area contributed by atoms with E-state index >= 15 is 0 Å². The highest BCUT2D eigenvalue weighted by molar-refractivity contribution is 5.11. The van der Waals surface area contributed by atoms with Crippen LogP contribution in [0.25, 0.3) is 0 Å². The fraction of sp³-hybridized carbons (Fsp3) is 0.933. The van der Waals surface area contributed by atoms with Gasteiger partial charge in [0, 0.05) is 0 Å². The number of hydrogen-bond donors (Lipinski definition) is 1. The van der Waals surface area contributed by atoms with E-state index in [1.54, 1.807) is 0 Å². The molecule has 0 heterocycles. The Morgan fingerprint density at radius 2 is 1.94 bits per heavy atom. The lowest BCUT2D eigenvalue weighted by molar-refractivity contribution is -0.0771. The molecule has 1 atom stereocenters. The summed E-state index contributed by atoms with van der Waals surface area (Å²) in [6.45, 7) is 8.30. The van der Waals surface area contributed by atoms with Gasteiger partial charge in [0.15, 0.2) is 0 Å². The molecule has 1 saturated carbocycles. The number of rotatable bonds is 4. The molecule has 0 bridgehead atoms. The van der Waals surface area contributed by atoms with Crippen molar-refractivity contribution in [1.82, 2.24) is 0 Å². The molecule has 1 rings (SSSR count). The van der Waals surface area contributed by atoms with Crippen molar-refractivity contribution in [3.05, 3.63) is 0 Å². The van der Waals surface area contributed by atoms with Gasteiger partial charge in [-0.1, -0.05) is 27.2 Å². The second-order valence-electron chi connectivity index (χ2n) is 6.42. The minimum atomic E-state index is -0.839. The van der Waals surface area contributed by atoms with E-state index in [2.05, 4.69) is 26.8 Å². The highest BCUT2D eigenvalue weighted by atomic mass is 16.3. The predicted molar refractivity (Wildman–Crippen MR) is 70.4 cm³/mol. The number of nitriles is 1. The van der Waals surface area contributed by atoms with Crippen LogP contribution in [-0.4, -0.2) is 10.7 Å². The Morgan fingerprint density at radius 3 is 2.29 bits per heavy atom. The van der Waals surface area contributed by atoms with Crippen molar-refractivity contribution in [2.24, 2.45) is 17.3 Å². The molecule has 1 unspecified atom stereocenters. The van der Waals surface area contributed by atoms with Crippen LogP contribution in [0, 0.1) is 28.6 Å². The second-order valence-corrected chi connectivity index (χ2v) is 6.42. The molecule has 1 aliphatic rings. The third kappa shape index (κ3) is 3.01. The molecule has 0 spiro atoms. The van der Waals surface area contributed by atoms with Crippen molar-refractivity contribution < 1.29 is 5.11 Å². The lowest BCUT2D eigenvalue weighted by Crippen LogP contribution is -2.48. The Hall–Kier alpha value is -0.550. The highest BCUT2D eigenvalue weighted by Gasteiger charge is 2.49. The molecule has 2 nitrogen and oxygen atoms in total. The van der Waals surface area contributed by atoms with Crippen LogP contribution in [-0.2, 0) is 0 Å². The van der Waals surface area contributed by atoms with Crippen LogP contribution in [0.4, 0.5) is 0 Å². The van der Waals surface area contributed by atoms with Crippen molar-refractivity contribution in [3.8, 4) is 6.07 Å². The molecule has 1 fully saturated rings. The first-order valence-electron chi connectivity index (χ1n) is 7.00. The summed E-state index contributed by atoms with van der Waals surface area (Å²) >= 11 is 0. The molecule has 98 valence electrons. The van der Waals surface area contributed by atoms with Crippen LogP contribution in [0.15, 0.2) is 0 Å². The molecule has 1 N–H and O–H groups in total. The van der Waals surface area contributed by atoms with Gasteiger partial charge in [0.25, 0.3) is 0 Å². The SMILES string of the molecule is CCC1CCC(C#N)(C(C)(O)CC(C)C)CC1. The maximum Gasteiger partial charge on any atom is 0.0857 e. The Morgan fingerprint density at radius 1 is 1.41 bits per heavy atom. The van der Waals surface area contributed by atoms with Crippen molar-refractivity contribution in [2.45, 2.75) is 71.8 Å². The summed E-state index contributed by atoms with van der Waals surface area (Å²) in [7, 11) is 0. The molecule has 1 aliphatic carbocycles. The third-order valence-corrected chi connectivity index (χ3v) is 4.59. The van der Waals surface area contributed by atoms with E-state index < -0.39 is 11.0 Å². The first-order valence-corrected chi connectivity index (χ1v) is 7.00. The zero-order valence-electron chi connectivity index (χ0n) is 11.8. The summed E-state index contributed by atoms with van der Waals surface area (Å²) in [6.07, 6.45) is 5.84. The summed E-state index contributed by atoms with van der Waals surface area (Å²) in [6, 6.07) is 2.46. The molecule has 0 aromatic carbocycles. The summed E-state index contributed by atoms with van der Waals surface area (Å²) < 4.78 is 0. The van der Waals surface area contributed by atoms with Crippen LogP contribution in [0.3, 0.4) is 0 Å². The van der Waals surface area contributed by atoms with E-state index in [-0.39, 0.29) is 0 Å². The molecule has 17 heavy (non-hydrogen) atoms. The zero-order chi connectivity index (χ0) is 13.1. The maximum atomic E-state index is 10.7. The average Bonchev–Trinajstić information content (AvgIpc) is 2.27. The first-order chi connectivity index (χ1) is 7.87. The predicted octanol–water partition coefficient (Wildman–Crippen LogP) is 3.89. The van der Waals surface area contributed by atoms with Crippen molar-refractivity contribution >= 4 is 0 Å². The van der Waals surface area contributed by atoms with E-state index in [9.17, 15) is 10.4 Å². The molecular formula is C15H27NO. The highest BCUT2D eigenvalue weighted by Crippen LogP contribution is 2.48. The lowest BCUT2D eigenvalue weighted by Gasteiger charge is -2.45. The Labute approximate surface area is 106 Å². The second kappa shape index (κ2) is 5.40. The van der Waals surface area contributed by atoms with Gasteiger partial charge >= 0.3 is 0 Å². The zero-order valence-corrected chi connectivity index (χ0v) is 11.8. The number of aliphatic hydroxyl groups is 1. The van der Waals surface area contributed by atoms with Crippen LogP contribution < -0.4 is 0 Å². The van der Waals surface area contributed by atoms with E-state index in [4.69, 9.17) is 0 Å². The quantitative estimate of drug-likeness (QED) is 0.806. The topological polar surface area (TPSA) is 44.0 Å². The minimum absolute atomic E-state index is 0.430. The molecule has 0 radical (unpaired) electrons. The molecule has 0 aromatic heterocycles. The van der Waals surface area contributed by atoms with Crippen molar-refractivity contribution in [3.63, 3.8) is 0 Å². The summed E-state index contributed by atoms with van der Waals surface area (Å²) in [5.41, 5.74) is -1.35. The molecular weight excluding hydrogens is 210 g/mol. The van der Waals surface area contributed by atoms with Crippen molar-refractivity contribution in [1.29, 1.82) is 5.26 Å². The molecule has 0 aromatic rings. The van der Waals surface area contributed by atoms with Gasteiger partial charge < -0.3 is 5.11 Å². The van der Waals surface area contributed by atoms with Gasteiger partial charge in [-0.15, -0.1) is 0 Å². The number of hydrogen-bond acceptors (Lipinski definition) is 2. The minimum Gasteiger partial charge on any atom is -0.389 e. The fourth-order valence-electron chi connectivity index (χ4n) is 3.34. The van der Waals surface area contributed by atoms with Gasteiger partial charge in [0.2, 0.25) is 0 Å². The van der Waals surface area contributed by atoms with E-state index in [1.165, 1.54) is 6.42 Å². The largest absolute Gasteiger partial charge is 0.389 e. The van der Waals surface area contributed by atoms with Gasteiger partial charge in [-0.3, -0.25) is 0 Å². The monoisotopic (exact) mass is 237 g/mol. The Bertz CT molecular complexity index is 280. The Kier molecular flexibility index (Phi) is 4.61. The first kappa shape index (κ1) is 14.5. The van der Waals surface area contributed by atoms with Crippen LogP contribution >= 0.6 is 0 Å². The van der Waals surface area contributed by atoms with Crippen LogP contribution in [0.1, 0.15) is 66.2 Å². The molecule has 0 amide bonds. The third-order valence-electron chi connectivity index (χ3n) is 4.59. The molecule has 0 aliphatic heterocycles. The van der Waals surface area contributed by atoms with Gasteiger partial charge in [-0.25, -0.2) is 0 Å². The Balaban J connectivity index is 2.80. The van der Waals surface area contributed by atoms with Crippen molar-refractivity contribution in [2.75, 3.05) is 0 Å². The van der Waals surface area contributed by atoms with Gasteiger partial charge in [0.1, 0.15) is 0 Å². The smallest absolute Gasteiger partial charge is 0.0857 e.